The van der Waals surface area contributed by atoms with Gasteiger partial charge in [-0.15, -0.1) is 0 Å². The molecule has 3 heterocycles. The lowest BCUT2D eigenvalue weighted by atomic mass is 9.75. The average Bonchev–Trinajstić information content (AvgIpc) is 3.85. The number of para-hydroxylation sites is 1. The molecule has 0 radical (unpaired) electrons. The number of likely N-dealkylation sites (tertiary alicyclic amines) is 1. The number of nitrogens with zero attached hydrogens (tertiary/aromatic N) is 2. The van der Waals surface area contributed by atoms with Crippen LogP contribution in [0.4, 0.5) is 0 Å². The van der Waals surface area contributed by atoms with Crippen LogP contribution in [0, 0.1) is 23.7 Å². The maximum absolute atomic E-state index is 6.46. The van der Waals surface area contributed by atoms with E-state index in [0.29, 0.717) is 47.9 Å². The van der Waals surface area contributed by atoms with Crippen LogP contribution in [0.25, 0.3) is 18.2 Å². The lowest BCUT2D eigenvalue weighted by molar-refractivity contribution is 0.0524. The molecule has 51 heavy (non-hydrogen) atoms. The van der Waals surface area contributed by atoms with Gasteiger partial charge in [0.05, 0.1) is 0 Å². The van der Waals surface area contributed by atoms with Crippen LogP contribution >= 0.6 is 0 Å². The fourth-order valence-electron chi connectivity index (χ4n) is 12.9. The molecule has 0 spiro atoms. The molecule has 9 atom stereocenters. The number of fused-ring (bicyclic) bond motifs is 9. The second kappa shape index (κ2) is 12.7. The Kier molecular flexibility index (Phi) is 7.77. The lowest BCUT2D eigenvalue weighted by Gasteiger charge is -2.43. The van der Waals surface area contributed by atoms with Crippen LogP contribution in [0.5, 0.6) is 5.75 Å². The number of benzene rings is 1. The van der Waals surface area contributed by atoms with E-state index in [9.17, 15) is 0 Å². The van der Waals surface area contributed by atoms with Gasteiger partial charge in [-0.2, -0.15) is 0 Å². The molecule has 0 amide bonds. The Hall–Kier alpha value is -3.30. The Labute approximate surface area is 305 Å². The maximum atomic E-state index is 6.46. The molecule has 0 N–H and O–H groups in total. The van der Waals surface area contributed by atoms with E-state index in [0.717, 1.165) is 24.1 Å². The summed E-state index contributed by atoms with van der Waals surface area (Å²) in [6.45, 7) is 0. The van der Waals surface area contributed by atoms with Crippen LogP contribution in [0.15, 0.2) is 77.9 Å². The van der Waals surface area contributed by atoms with Gasteiger partial charge in [-0.05, 0) is 106 Å². The predicted molar refractivity (Wildman–Crippen MR) is 209 cm³/mol. The first-order chi connectivity index (χ1) is 25.3. The summed E-state index contributed by atoms with van der Waals surface area (Å²) < 4.78 is 9.28. The number of hydrogen-bond donors (Lipinski definition) is 0. The molecule has 2 aromatic rings. The minimum absolute atomic E-state index is 0.386. The van der Waals surface area contributed by atoms with Gasteiger partial charge in [-0.25, -0.2) is 0 Å². The first-order valence-electron chi connectivity index (χ1n) is 21.2. The molecule has 7 aliphatic carbocycles. The van der Waals surface area contributed by atoms with Crippen molar-refractivity contribution < 1.29 is 4.74 Å². The third kappa shape index (κ3) is 5.14. The van der Waals surface area contributed by atoms with Gasteiger partial charge in [-0.1, -0.05) is 111 Å². The standard InChI is InChI=1S/C48H56N2O/c1-2-10-35(11-3-1)49-43-15-7-4-12-37(43)40-28-33(22-25-45(40)49)31-18-20-32(21-19-31)34-23-26-46-41(29-34)38-13-5-8-16-44(38)50(46)36-24-27-48-42(30-36)39-14-6-9-17-47(39)51-48/h4,6,9,12,14,17-18,20-21,23,25-26,28-29,31,33,35-36,38,41-42,44,46,48H,1-3,5,7-8,10-11,13,15-16,19,22,24,27,30H2. The summed E-state index contributed by atoms with van der Waals surface area (Å²) in [4.78, 5) is 3.05. The third-order valence-electron chi connectivity index (χ3n) is 15.2. The van der Waals surface area contributed by atoms with E-state index < -0.39 is 0 Å². The maximum Gasteiger partial charge on any atom is 0.123 e. The number of aromatic nitrogens is 1. The highest BCUT2D eigenvalue weighted by Crippen LogP contribution is 2.53. The molecule has 264 valence electrons. The molecule has 3 nitrogen and oxygen atoms in total. The van der Waals surface area contributed by atoms with Crippen molar-refractivity contribution in [1.29, 1.82) is 0 Å². The molecule has 1 saturated heterocycles. The second-order valence-corrected chi connectivity index (χ2v) is 17.7. The van der Waals surface area contributed by atoms with Crippen LogP contribution in [0.1, 0.15) is 125 Å². The molecule has 3 heteroatoms. The van der Waals surface area contributed by atoms with Crippen LogP contribution < -0.4 is 15.3 Å². The normalized spacial score (nSPS) is 36.7. The molecule has 9 aliphatic rings. The molecule has 2 aliphatic heterocycles. The van der Waals surface area contributed by atoms with Crippen molar-refractivity contribution in [2.24, 2.45) is 23.7 Å². The molecular weight excluding hydrogens is 621 g/mol. The Morgan fingerprint density at radius 2 is 1.59 bits per heavy atom. The van der Waals surface area contributed by atoms with Gasteiger partial charge >= 0.3 is 0 Å². The first kappa shape index (κ1) is 31.2. The van der Waals surface area contributed by atoms with E-state index >= 15 is 0 Å². The predicted octanol–water partition coefficient (Wildman–Crippen LogP) is 9.49. The van der Waals surface area contributed by atoms with Gasteiger partial charge in [0.15, 0.2) is 0 Å². The summed E-state index contributed by atoms with van der Waals surface area (Å²) in [6, 6.07) is 11.6. The first-order valence-corrected chi connectivity index (χ1v) is 21.2. The van der Waals surface area contributed by atoms with E-state index in [1.165, 1.54) is 113 Å². The minimum atomic E-state index is 0.386. The van der Waals surface area contributed by atoms with Crippen molar-refractivity contribution in [3.8, 4) is 5.75 Å². The van der Waals surface area contributed by atoms with Crippen molar-refractivity contribution in [2.75, 3.05) is 0 Å². The smallest absolute Gasteiger partial charge is 0.123 e. The zero-order chi connectivity index (χ0) is 33.5. The molecule has 4 fully saturated rings. The van der Waals surface area contributed by atoms with Crippen LogP contribution in [-0.2, 0) is 6.42 Å². The highest BCUT2D eigenvalue weighted by atomic mass is 16.5. The molecule has 1 aromatic heterocycles. The van der Waals surface area contributed by atoms with Crippen LogP contribution in [-0.4, -0.2) is 33.7 Å². The number of allylic oxidation sites excluding steroid dienone is 7. The van der Waals surface area contributed by atoms with Crippen molar-refractivity contribution in [3.05, 3.63) is 105 Å². The van der Waals surface area contributed by atoms with Gasteiger partial charge < -0.3 is 9.30 Å². The van der Waals surface area contributed by atoms with Crippen molar-refractivity contribution in [2.45, 2.75) is 139 Å². The highest BCUT2D eigenvalue weighted by molar-refractivity contribution is 5.61. The Bertz CT molecular complexity index is 1980. The van der Waals surface area contributed by atoms with E-state index in [2.05, 4.69) is 94.5 Å². The third-order valence-corrected chi connectivity index (χ3v) is 15.2. The Morgan fingerprint density at radius 3 is 2.51 bits per heavy atom. The molecule has 0 bridgehead atoms. The average molecular weight is 677 g/mol. The fraction of sp³-hybridized carbons (Fsp3) is 0.542. The highest BCUT2D eigenvalue weighted by Gasteiger charge is 2.52. The van der Waals surface area contributed by atoms with Crippen molar-refractivity contribution in [1.82, 2.24) is 9.47 Å². The van der Waals surface area contributed by atoms with Gasteiger partial charge in [0.25, 0.3) is 0 Å². The molecule has 9 unspecified atom stereocenters. The molecular formula is C48H56N2O. The Balaban J connectivity index is 0.825. The Morgan fingerprint density at radius 1 is 0.725 bits per heavy atom. The fourth-order valence-corrected chi connectivity index (χ4v) is 12.9. The molecule has 3 saturated carbocycles. The largest absolute Gasteiger partial charge is 0.489 e. The quantitative estimate of drug-likeness (QED) is 0.321. The molecule has 11 rings (SSSR count). The summed E-state index contributed by atoms with van der Waals surface area (Å²) in [5, 5.41) is 3.11. The van der Waals surface area contributed by atoms with Crippen LogP contribution in [0.3, 0.4) is 0 Å². The zero-order valence-electron chi connectivity index (χ0n) is 30.5. The summed E-state index contributed by atoms with van der Waals surface area (Å²) in [5.41, 5.74) is 7.61. The molecule has 1 aromatic carbocycles. The number of hydrogen-bond acceptors (Lipinski definition) is 2. The number of ether oxygens (including phenoxy) is 1. The summed E-state index contributed by atoms with van der Waals surface area (Å²) >= 11 is 0. The SMILES string of the molecule is C1=Cc2c(n(C3CCCCC3)c3c2=CC(C2C=CC(C4=CC5C6CCCCC6N(C6CCC7Oc8ccccc8C7C6)C5C=C4)=CC2)CC=3)CC1. The van der Waals surface area contributed by atoms with E-state index in [-0.39, 0.29) is 0 Å². The van der Waals surface area contributed by atoms with Crippen molar-refractivity contribution >= 4 is 18.2 Å². The monoisotopic (exact) mass is 676 g/mol. The van der Waals surface area contributed by atoms with Gasteiger partial charge in [0.2, 0.25) is 0 Å². The second-order valence-electron chi connectivity index (χ2n) is 17.7. The minimum Gasteiger partial charge on any atom is -0.489 e. The van der Waals surface area contributed by atoms with E-state index in [1.54, 1.807) is 21.8 Å². The number of rotatable bonds is 4. The van der Waals surface area contributed by atoms with Gasteiger partial charge in [0.1, 0.15) is 11.9 Å². The van der Waals surface area contributed by atoms with Crippen molar-refractivity contribution in [3.63, 3.8) is 0 Å². The summed E-state index contributed by atoms with van der Waals surface area (Å²) in [7, 11) is 0. The summed E-state index contributed by atoms with van der Waals surface area (Å²) in [5.74, 6) is 4.35. The van der Waals surface area contributed by atoms with E-state index in [1.807, 2.05) is 0 Å². The lowest BCUT2D eigenvalue weighted by Crippen LogP contribution is -2.49. The van der Waals surface area contributed by atoms with Gasteiger partial charge in [-0.3, -0.25) is 4.90 Å². The topological polar surface area (TPSA) is 17.4 Å². The van der Waals surface area contributed by atoms with Crippen LogP contribution in [0.2, 0.25) is 0 Å². The van der Waals surface area contributed by atoms with E-state index in [4.69, 9.17) is 4.74 Å². The zero-order valence-corrected chi connectivity index (χ0v) is 30.5. The summed E-state index contributed by atoms with van der Waals surface area (Å²) in [6.07, 6.45) is 47.2. The van der Waals surface area contributed by atoms with Gasteiger partial charge in [0, 0.05) is 63.4 Å².